The van der Waals surface area contributed by atoms with Crippen molar-refractivity contribution in [1.82, 2.24) is 14.5 Å². The van der Waals surface area contributed by atoms with Gasteiger partial charge in [0.25, 0.3) is 11.5 Å². The van der Waals surface area contributed by atoms with Gasteiger partial charge in [-0.25, -0.2) is 4.98 Å². The third kappa shape index (κ3) is 4.84. The fraction of sp³-hybridized carbons (Fsp3) is 0.440. The first kappa shape index (κ1) is 23.9. The number of aromatic nitrogens is 2. The van der Waals surface area contributed by atoms with Gasteiger partial charge in [-0.15, -0.1) is 11.3 Å². The number of hydrogen-bond acceptors (Lipinski definition) is 6. The van der Waals surface area contributed by atoms with Crippen LogP contribution in [0.15, 0.2) is 35.4 Å². The van der Waals surface area contributed by atoms with E-state index in [4.69, 9.17) is 4.74 Å². The molecule has 0 aliphatic carbocycles. The average molecular weight is 483 g/mol. The van der Waals surface area contributed by atoms with E-state index in [1.165, 1.54) is 22.2 Å². The van der Waals surface area contributed by atoms with Crippen molar-refractivity contribution < 1.29 is 14.3 Å². The first-order valence-corrected chi connectivity index (χ1v) is 12.4. The zero-order valence-electron chi connectivity index (χ0n) is 20.0. The summed E-state index contributed by atoms with van der Waals surface area (Å²) in [6.07, 6.45) is 2.51. The molecule has 0 radical (unpaired) electrons. The molecule has 2 amide bonds. The first-order chi connectivity index (χ1) is 16.3. The molecule has 1 N–H and O–H groups in total. The van der Waals surface area contributed by atoms with E-state index < -0.39 is 0 Å². The SMILES string of the molecule is CCOc1ccccc1NC(=O)c1sc2ncn(CC(=O)N3CC(C)CC(C)C3)c(=O)c2c1C. The number of thiophene rings is 1. The Morgan fingerprint density at radius 3 is 2.62 bits per heavy atom. The van der Waals surface area contributed by atoms with Crippen LogP contribution in [0, 0.1) is 18.8 Å². The van der Waals surface area contributed by atoms with Gasteiger partial charge in [-0.2, -0.15) is 0 Å². The van der Waals surface area contributed by atoms with Crippen molar-refractivity contribution in [3.05, 3.63) is 51.4 Å². The quantitative estimate of drug-likeness (QED) is 0.575. The zero-order chi connectivity index (χ0) is 24.4. The number of amides is 2. The number of hydrogen-bond donors (Lipinski definition) is 1. The minimum atomic E-state index is -0.328. The number of carbonyl (C=O) groups excluding carboxylic acids is 2. The maximum absolute atomic E-state index is 13.2. The molecular formula is C25H30N4O4S. The molecule has 0 bridgehead atoms. The second-order valence-electron chi connectivity index (χ2n) is 9.04. The van der Waals surface area contributed by atoms with E-state index in [-0.39, 0.29) is 23.9 Å². The summed E-state index contributed by atoms with van der Waals surface area (Å²) in [6.45, 7) is 9.74. The minimum Gasteiger partial charge on any atom is -0.492 e. The van der Waals surface area contributed by atoms with Crippen molar-refractivity contribution in [2.24, 2.45) is 11.8 Å². The van der Waals surface area contributed by atoms with E-state index in [0.29, 0.717) is 63.6 Å². The molecule has 0 spiro atoms. The number of carbonyl (C=O) groups is 2. The molecule has 3 aromatic rings. The lowest BCUT2D eigenvalue weighted by atomic mass is 9.92. The van der Waals surface area contributed by atoms with E-state index in [2.05, 4.69) is 24.1 Å². The number of nitrogens with zero attached hydrogens (tertiary/aromatic N) is 3. The molecule has 1 fully saturated rings. The maximum Gasteiger partial charge on any atom is 0.266 e. The van der Waals surface area contributed by atoms with Crippen LogP contribution in [-0.2, 0) is 11.3 Å². The monoisotopic (exact) mass is 482 g/mol. The van der Waals surface area contributed by atoms with Gasteiger partial charge in [0.1, 0.15) is 17.1 Å². The summed E-state index contributed by atoms with van der Waals surface area (Å²) >= 11 is 1.17. The van der Waals surface area contributed by atoms with E-state index in [1.807, 2.05) is 24.0 Å². The van der Waals surface area contributed by atoms with E-state index in [1.54, 1.807) is 19.1 Å². The lowest BCUT2D eigenvalue weighted by Gasteiger charge is -2.35. The van der Waals surface area contributed by atoms with Crippen molar-refractivity contribution in [3.63, 3.8) is 0 Å². The Hall–Kier alpha value is -3.20. The third-order valence-corrected chi connectivity index (χ3v) is 7.28. The molecular weight excluding hydrogens is 452 g/mol. The molecule has 1 aliphatic heterocycles. The van der Waals surface area contributed by atoms with Gasteiger partial charge in [0.05, 0.1) is 28.9 Å². The van der Waals surface area contributed by atoms with Crippen molar-refractivity contribution in [1.29, 1.82) is 0 Å². The van der Waals surface area contributed by atoms with Crippen LogP contribution in [0.25, 0.3) is 10.2 Å². The largest absolute Gasteiger partial charge is 0.492 e. The van der Waals surface area contributed by atoms with Crippen molar-refractivity contribution in [2.45, 2.75) is 40.7 Å². The predicted molar refractivity (Wildman–Crippen MR) is 134 cm³/mol. The van der Waals surface area contributed by atoms with Gasteiger partial charge in [0.2, 0.25) is 5.91 Å². The number of ether oxygens (including phenoxy) is 1. The van der Waals surface area contributed by atoms with Crippen LogP contribution in [0.2, 0.25) is 0 Å². The van der Waals surface area contributed by atoms with Gasteiger partial charge < -0.3 is 15.0 Å². The molecule has 2 aromatic heterocycles. The fourth-order valence-electron chi connectivity index (χ4n) is 4.63. The Morgan fingerprint density at radius 1 is 1.21 bits per heavy atom. The van der Waals surface area contributed by atoms with Crippen LogP contribution in [0.4, 0.5) is 5.69 Å². The van der Waals surface area contributed by atoms with E-state index in [0.717, 1.165) is 6.42 Å². The molecule has 34 heavy (non-hydrogen) atoms. The topological polar surface area (TPSA) is 93.5 Å². The highest BCUT2D eigenvalue weighted by molar-refractivity contribution is 7.20. The molecule has 8 nitrogen and oxygen atoms in total. The summed E-state index contributed by atoms with van der Waals surface area (Å²) in [5.74, 6) is 1.06. The van der Waals surface area contributed by atoms with Gasteiger partial charge in [-0.05, 0) is 49.8 Å². The summed E-state index contributed by atoms with van der Waals surface area (Å²) < 4.78 is 6.93. The van der Waals surface area contributed by atoms with Crippen molar-refractivity contribution >= 4 is 39.1 Å². The fourth-order valence-corrected chi connectivity index (χ4v) is 5.67. The number of likely N-dealkylation sites (tertiary alicyclic amines) is 1. The number of nitrogens with one attached hydrogen (secondary N) is 1. The van der Waals surface area contributed by atoms with E-state index in [9.17, 15) is 14.4 Å². The zero-order valence-corrected chi connectivity index (χ0v) is 20.8. The normalized spacial score (nSPS) is 18.2. The second kappa shape index (κ2) is 9.97. The van der Waals surface area contributed by atoms with Crippen LogP contribution >= 0.6 is 11.3 Å². The second-order valence-corrected chi connectivity index (χ2v) is 10.0. The van der Waals surface area contributed by atoms with Gasteiger partial charge in [-0.3, -0.25) is 19.0 Å². The summed E-state index contributed by atoms with van der Waals surface area (Å²) in [6, 6.07) is 7.21. The molecule has 9 heteroatoms. The molecule has 4 rings (SSSR count). The highest BCUT2D eigenvalue weighted by Gasteiger charge is 2.26. The molecule has 180 valence electrons. The molecule has 1 saturated heterocycles. The highest BCUT2D eigenvalue weighted by Crippen LogP contribution is 2.30. The number of anilines is 1. The number of fused-ring (bicyclic) bond motifs is 1. The Balaban J connectivity index is 1.58. The van der Waals surface area contributed by atoms with E-state index >= 15 is 0 Å². The Morgan fingerprint density at radius 2 is 1.91 bits per heavy atom. The number of aryl methyl sites for hydroxylation is 1. The third-order valence-electron chi connectivity index (χ3n) is 6.09. The Kier molecular flexibility index (Phi) is 7.02. The summed E-state index contributed by atoms with van der Waals surface area (Å²) in [5.41, 5.74) is 0.817. The number of piperidine rings is 1. The maximum atomic E-state index is 13.2. The molecule has 2 atom stereocenters. The van der Waals surface area contributed by atoms with Gasteiger partial charge in [-0.1, -0.05) is 26.0 Å². The van der Waals surface area contributed by atoms with Gasteiger partial charge >= 0.3 is 0 Å². The number of rotatable bonds is 6. The van der Waals surface area contributed by atoms with Crippen LogP contribution in [0.3, 0.4) is 0 Å². The van der Waals surface area contributed by atoms with Crippen molar-refractivity contribution in [3.8, 4) is 5.75 Å². The smallest absolute Gasteiger partial charge is 0.266 e. The van der Waals surface area contributed by atoms with Crippen LogP contribution < -0.4 is 15.6 Å². The summed E-state index contributed by atoms with van der Waals surface area (Å²) in [7, 11) is 0. The van der Waals surface area contributed by atoms with Gasteiger partial charge in [0, 0.05) is 13.1 Å². The van der Waals surface area contributed by atoms with Gasteiger partial charge in [0.15, 0.2) is 0 Å². The lowest BCUT2D eigenvalue weighted by molar-refractivity contribution is -0.134. The Labute approximate surface area is 202 Å². The molecule has 1 aliphatic rings. The minimum absolute atomic E-state index is 0.0558. The van der Waals surface area contributed by atoms with Crippen LogP contribution in [0.1, 0.15) is 42.4 Å². The first-order valence-electron chi connectivity index (χ1n) is 11.6. The van der Waals surface area contributed by atoms with Crippen molar-refractivity contribution in [2.75, 3.05) is 25.0 Å². The number of para-hydroxylation sites is 2. The van der Waals surface area contributed by atoms with Crippen LogP contribution in [-0.4, -0.2) is 46.0 Å². The highest BCUT2D eigenvalue weighted by atomic mass is 32.1. The summed E-state index contributed by atoms with van der Waals surface area (Å²) in [4.78, 5) is 46.3. The summed E-state index contributed by atoms with van der Waals surface area (Å²) in [5, 5.41) is 3.26. The number of benzene rings is 1. The average Bonchev–Trinajstić information content (AvgIpc) is 3.13. The van der Waals surface area contributed by atoms with Crippen LogP contribution in [0.5, 0.6) is 5.75 Å². The lowest BCUT2D eigenvalue weighted by Crippen LogP contribution is -2.44. The standard InChI is InChI=1S/C25H30N4O4S/c1-5-33-19-9-7-6-8-18(19)27-23(31)22-17(4)21-24(34-22)26-14-29(25(21)32)13-20(30)28-11-15(2)10-16(3)12-28/h6-9,14-16H,5,10-13H2,1-4H3,(H,27,31). The molecule has 1 aromatic carbocycles. The predicted octanol–water partition coefficient (Wildman–Crippen LogP) is 3.92. The molecule has 0 saturated carbocycles. The molecule has 2 unspecified atom stereocenters. The molecule has 3 heterocycles. The Bertz CT molecular complexity index is 1270.